The van der Waals surface area contributed by atoms with Crippen molar-refractivity contribution < 1.29 is 27.5 Å². The number of carbonyl (C=O) groups excluding carboxylic acids is 2. The minimum Gasteiger partial charge on any atom is -0.490 e. The molecule has 2 aromatic carbocycles. The van der Waals surface area contributed by atoms with Gasteiger partial charge in [0, 0.05) is 43.4 Å². The number of anilines is 1. The van der Waals surface area contributed by atoms with E-state index in [1.807, 2.05) is 0 Å². The van der Waals surface area contributed by atoms with E-state index in [1.54, 1.807) is 63.1 Å². The van der Waals surface area contributed by atoms with Gasteiger partial charge in [0.25, 0.3) is 0 Å². The van der Waals surface area contributed by atoms with Gasteiger partial charge in [0.05, 0.1) is 54.9 Å². The Morgan fingerprint density at radius 3 is 2.58 bits per heavy atom. The van der Waals surface area contributed by atoms with Crippen molar-refractivity contribution in [1.29, 1.82) is 5.26 Å². The zero-order chi connectivity index (χ0) is 30.9. The largest absolute Gasteiger partial charge is 0.490 e. The molecule has 0 spiro atoms. The van der Waals surface area contributed by atoms with E-state index >= 15 is 0 Å². The van der Waals surface area contributed by atoms with E-state index in [9.17, 15) is 23.3 Å². The Hall–Kier alpha value is -4.41. The van der Waals surface area contributed by atoms with Gasteiger partial charge in [-0.15, -0.1) is 0 Å². The van der Waals surface area contributed by atoms with Crippen LogP contribution in [-0.4, -0.2) is 65.4 Å². The summed E-state index contributed by atoms with van der Waals surface area (Å²) in [5.74, 6) is -0.370. The van der Waals surface area contributed by atoms with Crippen LogP contribution in [0.4, 0.5) is 5.69 Å². The van der Waals surface area contributed by atoms with Crippen molar-refractivity contribution in [2.75, 3.05) is 24.7 Å². The lowest BCUT2D eigenvalue weighted by molar-refractivity contribution is -0.125. The average molecular weight is 607 g/mol. The number of nitrogens with one attached hydrogen (secondary N) is 1. The van der Waals surface area contributed by atoms with Gasteiger partial charge < -0.3 is 24.3 Å². The number of benzene rings is 2. The van der Waals surface area contributed by atoms with Crippen molar-refractivity contribution in [2.24, 2.45) is 7.05 Å². The summed E-state index contributed by atoms with van der Waals surface area (Å²) in [7, 11) is -2.64. The summed E-state index contributed by atoms with van der Waals surface area (Å²) in [4.78, 5) is 33.0. The first kappa shape index (κ1) is 30.1. The van der Waals surface area contributed by atoms with Gasteiger partial charge in [-0.3, -0.25) is 9.59 Å². The van der Waals surface area contributed by atoms with Crippen LogP contribution in [0, 0.1) is 11.3 Å². The first-order valence-electron chi connectivity index (χ1n) is 13.9. The maximum Gasteiger partial charge on any atom is 0.246 e. The molecule has 43 heavy (non-hydrogen) atoms. The molecule has 226 valence electrons. The third-order valence-electron chi connectivity index (χ3n) is 7.19. The van der Waals surface area contributed by atoms with Crippen LogP contribution in [0.5, 0.6) is 11.5 Å². The number of ether oxygens (including phenoxy) is 2. The second-order valence-corrected chi connectivity index (χ2v) is 13.5. The van der Waals surface area contributed by atoms with Gasteiger partial charge in [-0.25, -0.2) is 13.4 Å². The first-order valence-corrected chi connectivity index (χ1v) is 15.3. The summed E-state index contributed by atoms with van der Waals surface area (Å²) in [6, 6.07) is 10.1. The maximum atomic E-state index is 14.4. The van der Waals surface area contributed by atoms with Crippen LogP contribution in [0.15, 0.2) is 53.8 Å². The number of aromatic nitrogens is 2. The van der Waals surface area contributed by atoms with Gasteiger partial charge >= 0.3 is 0 Å². The van der Waals surface area contributed by atoms with Crippen LogP contribution in [-0.2, 0) is 39.6 Å². The highest BCUT2D eigenvalue weighted by Crippen LogP contribution is 2.36. The summed E-state index contributed by atoms with van der Waals surface area (Å²) in [6.07, 6.45) is 3.85. The molecule has 5 rings (SSSR count). The molecule has 0 saturated heterocycles. The fourth-order valence-electron chi connectivity index (χ4n) is 5.16. The summed E-state index contributed by atoms with van der Waals surface area (Å²) in [6.45, 7) is 5.66. The van der Waals surface area contributed by atoms with Crippen LogP contribution in [0.3, 0.4) is 0 Å². The number of nitrogens with zero attached hydrogens (tertiary/aromatic N) is 5. The molecule has 3 heterocycles. The van der Waals surface area contributed by atoms with Crippen molar-refractivity contribution in [1.82, 2.24) is 19.2 Å². The molecule has 1 aromatic heterocycles. The smallest absolute Gasteiger partial charge is 0.246 e. The van der Waals surface area contributed by atoms with Gasteiger partial charge in [-0.1, -0.05) is 0 Å². The lowest BCUT2D eigenvalue weighted by Crippen LogP contribution is -2.57. The molecular weight excluding hydrogens is 572 g/mol. The number of sulfonamides is 1. The highest BCUT2D eigenvalue weighted by Gasteiger charge is 2.43. The van der Waals surface area contributed by atoms with Crippen LogP contribution >= 0.6 is 0 Å². The Kier molecular flexibility index (Phi) is 8.18. The Labute approximate surface area is 250 Å². The van der Waals surface area contributed by atoms with Gasteiger partial charge in [-0.05, 0) is 56.7 Å². The molecule has 3 aromatic rings. The zero-order valence-electron chi connectivity index (χ0n) is 24.5. The van der Waals surface area contributed by atoms with Crippen molar-refractivity contribution in [3.05, 3.63) is 65.7 Å². The number of carbonyl (C=O) groups is 2. The number of amides is 2. The van der Waals surface area contributed by atoms with Gasteiger partial charge in [0.2, 0.25) is 21.8 Å². The van der Waals surface area contributed by atoms with E-state index in [-0.39, 0.29) is 23.6 Å². The van der Waals surface area contributed by atoms with E-state index in [0.717, 1.165) is 4.31 Å². The van der Waals surface area contributed by atoms with Crippen LogP contribution < -0.4 is 19.7 Å². The van der Waals surface area contributed by atoms with Crippen molar-refractivity contribution >= 4 is 27.5 Å². The van der Waals surface area contributed by atoms with Gasteiger partial charge in [0.15, 0.2) is 11.5 Å². The lowest BCUT2D eigenvalue weighted by atomic mass is 9.95. The third-order valence-corrected chi connectivity index (χ3v) is 9.04. The average Bonchev–Trinajstić information content (AvgIpc) is 3.20. The first-order chi connectivity index (χ1) is 20.4. The monoisotopic (exact) mass is 606 g/mol. The van der Waals surface area contributed by atoms with E-state index in [1.165, 1.54) is 23.1 Å². The molecule has 1 N–H and O–H groups in total. The Bertz CT molecular complexity index is 1700. The number of fused-ring (bicyclic) bond motifs is 2. The van der Waals surface area contributed by atoms with Crippen molar-refractivity contribution in [3.8, 4) is 17.6 Å². The molecule has 0 saturated carbocycles. The fraction of sp³-hybridized carbons (Fsp3) is 0.400. The predicted molar refractivity (Wildman–Crippen MR) is 157 cm³/mol. The molecule has 0 radical (unpaired) electrons. The third kappa shape index (κ3) is 6.35. The Morgan fingerprint density at radius 1 is 1.16 bits per heavy atom. The van der Waals surface area contributed by atoms with Crippen LogP contribution in [0.1, 0.15) is 44.0 Å². The highest BCUT2D eigenvalue weighted by atomic mass is 32.2. The molecule has 1 atom stereocenters. The molecule has 12 nitrogen and oxygen atoms in total. The quantitative estimate of drug-likeness (QED) is 0.432. The van der Waals surface area contributed by atoms with E-state index in [2.05, 4.69) is 16.4 Å². The lowest BCUT2D eigenvalue weighted by Gasteiger charge is -2.39. The van der Waals surface area contributed by atoms with Crippen LogP contribution in [0.2, 0.25) is 0 Å². The molecular formula is C30H34N6O6S. The molecule has 0 fully saturated rings. The standard InChI is InChI=1S/C30H34N6O6S/c1-30(2,3)33-28(37)18-36(43(39,40)23-7-9-26-27(14-23)42-11-5-10-41-26)25-13-21-12-20(15-31)6-8-24(21)35(29(25)38)17-22-16-32-19-34(22)4/h6-9,12,14,16,19,25H,5,10-11,13,17-18H2,1-4H3,(H,33,37). The topological polar surface area (TPSA) is 147 Å². The van der Waals surface area contributed by atoms with Crippen molar-refractivity contribution in [3.63, 3.8) is 0 Å². The second-order valence-electron chi connectivity index (χ2n) is 11.6. The summed E-state index contributed by atoms with van der Waals surface area (Å²) in [5.41, 5.74) is 1.62. The molecule has 0 aliphatic carbocycles. The number of hydrogen-bond acceptors (Lipinski definition) is 8. The number of hydrogen-bond donors (Lipinski definition) is 1. The fourth-order valence-corrected chi connectivity index (χ4v) is 6.72. The molecule has 2 aliphatic rings. The number of aryl methyl sites for hydroxylation is 1. The summed E-state index contributed by atoms with van der Waals surface area (Å²) in [5, 5.41) is 12.4. The number of imidazole rings is 1. The predicted octanol–water partition coefficient (Wildman–Crippen LogP) is 2.52. The van der Waals surface area contributed by atoms with E-state index in [0.29, 0.717) is 47.9 Å². The van der Waals surface area contributed by atoms with Gasteiger partial charge in [-0.2, -0.15) is 9.57 Å². The Morgan fingerprint density at radius 2 is 1.91 bits per heavy atom. The molecule has 2 amide bonds. The molecule has 1 unspecified atom stereocenters. The summed E-state index contributed by atoms with van der Waals surface area (Å²) >= 11 is 0. The van der Waals surface area contributed by atoms with Crippen molar-refractivity contribution in [2.45, 2.75) is 56.6 Å². The molecule has 13 heteroatoms. The molecule has 0 bridgehead atoms. The summed E-state index contributed by atoms with van der Waals surface area (Å²) < 4.78 is 42.9. The van der Waals surface area contributed by atoms with Gasteiger partial charge in [0.1, 0.15) is 6.04 Å². The minimum absolute atomic E-state index is 0.0296. The highest BCUT2D eigenvalue weighted by molar-refractivity contribution is 7.89. The van der Waals surface area contributed by atoms with Crippen LogP contribution in [0.25, 0.3) is 0 Å². The van der Waals surface area contributed by atoms with E-state index < -0.39 is 40.0 Å². The SMILES string of the molecule is Cn1cncc1CN1C(=O)C(N(CC(=O)NC(C)(C)C)S(=O)(=O)c2ccc3c(c2)OCCCO3)Cc2cc(C#N)ccc21. The minimum atomic E-state index is -4.43. The normalized spacial score (nSPS) is 16.8. The number of nitriles is 1. The Balaban J connectivity index is 1.61. The number of rotatable bonds is 7. The second kappa shape index (κ2) is 11.7. The van der Waals surface area contributed by atoms with E-state index in [4.69, 9.17) is 9.47 Å². The molecule has 2 aliphatic heterocycles. The maximum absolute atomic E-state index is 14.4. The zero-order valence-corrected chi connectivity index (χ0v) is 25.3.